The first-order valence-electron chi connectivity index (χ1n) is 6.93. The van der Waals surface area contributed by atoms with Gasteiger partial charge in [-0.15, -0.1) is 11.3 Å². The summed E-state index contributed by atoms with van der Waals surface area (Å²) in [6.07, 6.45) is -0.00773. The van der Waals surface area contributed by atoms with E-state index in [4.69, 9.17) is 14.2 Å². The minimum atomic E-state index is -0.0727. The number of nitrogens with zero attached hydrogens (tertiary/aromatic N) is 2. The van der Waals surface area contributed by atoms with Crippen LogP contribution in [0.3, 0.4) is 0 Å². The fourth-order valence-corrected chi connectivity index (χ4v) is 3.27. The molecular formula is C13H19N3O4S. The van der Waals surface area contributed by atoms with Crippen molar-refractivity contribution >= 4 is 17.4 Å². The minimum Gasteiger partial charge on any atom is -0.378 e. The maximum atomic E-state index is 12.2. The highest BCUT2D eigenvalue weighted by atomic mass is 32.1. The van der Waals surface area contributed by atoms with Crippen LogP contribution in [-0.4, -0.2) is 61.5 Å². The highest BCUT2D eigenvalue weighted by Gasteiger charge is 2.33. The van der Waals surface area contributed by atoms with Crippen molar-refractivity contribution in [3.8, 4) is 0 Å². The molecule has 0 radical (unpaired) electrons. The predicted octanol–water partition coefficient (Wildman–Crippen LogP) is 0.599. The number of amides is 2. The van der Waals surface area contributed by atoms with Crippen LogP contribution >= 0.6 is 11.3 Å². The second-order valence-electron chi connectivity index (χ2n) is 5.15. The fraction of sp³-hybridized carbons (Fsp3) is 0.692. The molecule has 0 spiro atoms. The zero-order valence-corrected chi connectivity index (χ0v) is 12.7. The van der Waals surface area contributed by atoms with E-state index >= 15 is 0 Å². The van der Waals surface area contributed by atoms with Gasteiger partial charge in [0.2, 0.25) is 0 Å². The normalized spacial score (nSPS) is 24.9. The van der Waals surface area contributed by atoms with E-state index < -0.39 is 0 Å². The van der Waals surface area contributed by atoms with E-state index in [1.165, 1.54) is 11.3 Å². The summed E-state index contributed by atoms with van der Waals surface area (Å²) in [6, 6.07) is -0.0727. The van der Waals surface area contributed by atoms with E-state index in [9.17, 15) is 4.79 Å². The summed E-state index contributed by atoms with van der Waals surface area (Å²) >= 11 is 1.54. The number of hydrogen-bond acceptors (Lipinski definition) is 6. The van der Waals surface area contributed by atoms with E-state index in [-0.39, 0.29) is 18.2 Å². The summed E-state index contributed by atoms with van der Waals surface area (Å²) in [7, 11) is 1.64. The Hall–Kier alpha value is -1.22. The number of nitrogens with one attached hydrogen (secondary N) is 1. The summed E-state index contributed by atoms with van der Waals surface area (Å²) in [4.78, 5) is 18.4. The maximum absolute atomic E-state index is 12.2. The molecule has 116 valence electrons. The second kappa shape index (κ2) is 6.69. The molecule has 7 nitrogen and oxygen atoms in total. The van der Waals surface area contributed by atoms with Gasteiger partial charge in [0.25, 0.3) is 0 Å². The van der Waals surface area contributed by atoms with Crippen LogP contribution in [0.5, 0.6) is 0 Å². The number of morpholine rings is 1. The molecule has 1 N–H and O–H groups in total. The number of thiazole rings is 1. The fourth-order valence-electron chi connectivity index (χ4n) is 2.50. The minimum absolute atomic E-state index is 0.00386. The van der Waals surface area contributed by atoms with Gasteiger partial charge in [-0.3, -0.25) is 0 Å². The van der Waals surface area contributed by atoms with Crippen LogP contribution in [0, 0.1) is 0 Å². The predicted molar refractivity (Wildman–Crippen MR) is 76.1 cm³/mol. The Kier molecular flexibility index (Phi) is 4.69. The number of carbonyl (C=O) groups excluding carboxylic acids is 1. The van der Waals surface area contributed by atoms with Crippen molar-refractivity contribution in [3.05, 3.63) is 16.1 Å². The monoisotopic (exact) mass is 313 g/mol. The topological polar surface area (TPSA) is 72.9 Å². The smallest absolute Gasteiger partial charge is 0.317 e. The third-order valence-corrected chi connectivity index (χ3v) is 4.29. The zero-order chi connectivity index (χ0) is 14.7. The van der Waals surface area contributed by atoms with Crippen LogP contribution < -0.4 is 5.32 Å². The molecule has 8 heteroatoms. The summed E-state index contributed by atoms with van der Waals surface area (Å²) < 4.78 is 16.2. The lowest BCUT2D eigenvalue weighted by Gasteiger charge is -2.41. The van der Waals surface area contributed by atoms with Crippen molar-refractivity contribution in [1.82, 2.24) is 15.2 Å². The van der Waals surface area contributed by atoms with Crippen molar-refractivity contribution in [2.75, 3.05) is 33.4 Å². The van der Waals surface area contributed by atoms with Crippen LogP contribution in [0.1, 0.15) is 10.7 Å². The molecule has 2 bridgehead atoms. The highest BCUT2D eigenvalue weighted by molar-refractivity contribution is 7.09. The molecule has 2 fully saturated rings. The number of fused-ring (bicyclic) bond motifs is 2. The number of methoxy groups -OCH3 is 1. The van der Waals surface area contributed by atoms with Gasteiger partial charge < -0.3 is 24.4 Å². The molecule has 2 aliphatic rings. The van der Waals surface area contributed by atoms with E-state index in [0.29, 0.717) is 39.5 Å². The van der Waals surface area contributed by atoms with Gasteiger partial charge >= 0.3 is 6.03 Å². The Bertz CT molecular complexity index is 484. The lowest BCUT2D eigenvalue weighted by atomic mass is 10.2. The van der Waals surface area contributed by atoms with Gasteiger partial charge in [0, 0.05) is 12.5 Å². The Balaban J connectivity index is 1.49. The van der Waals surface area contributed by atoms with Crippen molar-refractivity contribution < 1.29 is 19.0 Å². The standard InChI is InChI=1S/C13H19N3O4S/c1-18-7-12-15-9(8-21-12)2-14-13(17)16-3-10-5-19-6-11(4-16)20-10/h8,10-11H,2-7H2,1H3,(H,14,17). The number of rotatable bonds is 4. The molecule has 1 aromatic heterocycles. The number of urea groups is 1. The molecule has 2 unspecified atom stereocenters. The SMILES string of the molecule is COCc1nc(CNC(=O)N2CC3COCC(C2)O3)cs1. The van der Waals surface area contributed by atoms with Crippen molar-refractivity contribution in [1.29, 1.82) is 0 Å². The molecule has 0 aromatic carbocycles. The van der Waals surface area contributed by atoms with Gasteiger partial charge in [-0.1, -0.05) is 0 Å². The van der Waals surface area contributed by atoms with E-state index in [1.807, 2.05) is 5.38 Å². The van der Waals surface area contributed by atoms with E-state index in [1.54, 1.807) is 12.0 Å². The van der Waals surface area contributed by atoms with Gasteiger partial charge in [0.15, 0.2) is 0 Å². The average Bonchev–Trinajstić information content (AvgIpc) is 2.92. The number of ether oxygens (including phenoxy) is 3. The molecule has 0 saturated carbocycles. The second-order valence-corrected chi connectivity index (χ2v) is 6.09. The van der Waals surface area contributed by atoms with Gasteiger partial charge in [-0.2, -0.15) is 0 Å². The van der Waals surface area contributed by atoms with Crippen LogP contribution in [-0.2, 0) is 27.4 Å². The first kappa shape index (κ1) is 14.7. The number of carbonyl (C=O) groups is 1. The molecular weight excluding hydrogens is 294 g/mol. The largest absolute Gasteiger partial charge is 0.378 e. The zero-order valence-electron chi connectivity index (χ0n) is 11.9. The third-order valence-electron chi connectivity index (χ3n) is 3.42. The van der Waals surface area contributed by atoms with Crippen molar-refractivity contribution in [2.45, 2.75) is 25.4 Å². The molecule has 2 atom stereocenters. The molecule has 2 aliphatic heterocycles. The Morgan fingerprint density at radius 3 is 3.00 bits per heavy atom. The van der Waals surface area contributed by atoms with Crippen LogP contribution in [0.2, 0.25) is 0 Å². The van der Waals surface area contributed by atoms with Gasteiger partial charge in [-0.25, -0.2) is 9.78 Å². The summed E-state index contributed by atoms with van der Waals surface area (Å²) in [5.41, 5.74) is 0.859. The van der Waals surface area contributed by atoms with Crippen LogP contribution in [0.4, 0.5) is 4.79 Å². The lowest BCUT2D eigenvalue weighted by molar-refractivity contribution is -0.171. The van der Waals surface area contributed by atoms with E-state index in [0.717, 1.165) is 10.7 Å². The molecule has 3 heterocycles. The summed E-state index contributed by atoms with van der Waals surface area (Å²) in [5.74, 6) is 0. The highest BCUT2D eigenvalue weighted by Crippen LogP contribution is 2.17. The third kappa shape index (κ3) is 3.70. The molecule has 0 aliphatic carbocycles. The molecule has 2 saturated heterocycles. The number of hydrogen-bond donors (Lipinski definition) is 1. The van der Waals surface area contributed by atoms with Crippen LogP contribution in [0.15, 0.2) is 5.38 Å². The Labute approximate surface area is 127 Å². The number of aromatic nitrogens is 1. The van der Waals surface area contributed by atoms with E-state index in [2.05, 4.69) is 10.3 Å². The average molecular weight is 313 g/mol. The molecule has 21 heavy (non-hydrogen) atoms. The summed E-state index contributed by atoms with van der Waals surface area (Å²) in [5, 5.41) is 5.76. The lowest BCUT2D eigenvalue weighted by Crippen LogP contribution is -2.57. The first-order valence-corrected chi connectivity index (χ1v) is 7.80. The molecule has 2 amide bonds. The van der Waals surface area contributed by atoms with Gasteiger partial charge in [-0.05, 0) is 0 Å². The first-order chi connectivity index (χ1) is 10.2. The summed E-state index contributed by atoms with van der Waals surface area (Å²) in [6.45, 7) is 3.22. The Morgan fingerprint density at radius 1 is 1.52 bits per heavy atom. The quantitative estimate of drug-likeness (QED) is 0.881. The maximum Gasteiger partial charge on any atom is 0.317 e. The Morgan fingerprint density at radius 2 is 2.29 bits per heavy atom. The van der Waals surface area contributed by atoms with Gasteiger partial charge in [0.05, 0.1) is 57.4 Å². The van der Waals surface area contributed by atoms with Crippen molar-refractivity contribution in [3.63, 3.8) is 0 Å². The molecule has 3 rings (SSSR count). The van der Waals surface area contributed by atoms with Gasteiger partial charge in [0.1, 0.15) is 5.01 Å². The van der Waals surface area contributed by atoms with Crippen molar-refractivity contribution in [2.24, 2.45) is 0 Å². The molecule has 1 aromatic rings. The van der Waals surface area contributed by atoms with Crippen LogP contribution in [0.25, 0.3) is 0 Å².